The van der Waals surface area contributed by atoms with Gasteiger partial charge in [-0.1, -0.05) is 12.1 Å². The van der Waals surface area contributed by atoms with Gasteiger partial charge in [-0.05, 0) is 50.9 Å². The van der Waals surface area contributed by atoms with E-state index in [9.17, 15) is 0 Å². The minimum Gasteiger partial charge on any atom is -0.497 e. The van der Waals surface area contributed by atoms with E-state index in [0.717, 1.165) is 38.2 Å². The highest BCUT2D eigenvalue weighted by atomic mass is 16.5. The molecule has 1 aliphatic rings. The number of hydrogen-bond acceptors (Lipinski definition) is 4. The molecule has 0 spiro atoms. The third-order valence-corrected chi connectivity index (χ3v) is 4.77. The molecule has 2 N–H and O–H groups in total. The molecule has 0 saturated carbocycles. The lowest BCUT2D eigenvalue weighted by atomic mass is 9.88. The fraction of sp³-hybridized carbons (Fsp3) is 0.647. The fourth-order valence-electron chi connectivity index (χ4n) is 3.04. The van der Waals surface area contributed by atoms with Gasteiger partial charge in [-0.15, -0.1) is 0 Å². The van der Waals surface area contributed by atoms with E-state index in [-0.39, 0.29) is 5.54 Å². The SMILES string of the molecule is COc1ccc(CC(C)(CN)N(C)C2CCOCC2)cc1. The van der Waals surface area contributed by atoms with E-state index in [2.05, 4.69) is 31.0 Å². The van der Waals surface area contributed by atoms with Gasteiger partial charge in [0.1, 0.15) is 5.75 Å². The van der Waals surface area contributed by atoms with Crippen LogP contribution in [0.4, 0.5) is 0 Å². The largest absolute Gasteiger partial charge is 0.497 e. The van der Waals surface area contributed by atoms with Crippen molar-refractivity contribution >= 4 is 0 Å². The van der Waals surface area contributed by atoms with Crippen LogP contribution < -0.4 is 10.5 Å². The molecule has 4 heteroatoms. The van der Waals surface area contributed by atoms with Gasteiger partial charge in [0.25, 0.3) is 0 Å². The second-order valence-electron chi connectivity index (χ2n) is 6.18. The van der Waals surface area contributed by atoms with E-state index < -0.39 is 0 Å². The molecule has 1 heterocycles. The smallest absolute Gasteiger partial charge is 0.118 e. The van der Waals surface area contributed by atoms with Gasteiger partial charge in [-0.25, -0.2) is 0 Å². The highest BCUT2D eigenvalue weighted by Crippen LogP contribution is 2.26. The van der Waals surface area contributed by atoms with Crippen LogP contribution in [0.2, 0.25) is 0 Å². The molecular weight excluding hydrogens is 264 g/mol. The Labute approximate surface area is 128 Å². The Morgan fingerprint density at radius 1 is 1.29 bits per heavy atom. The highest BCUT2D eigenvalue weighted by molar-refractivity contribution is 5.28. The monoisotopic (exact) mass is 292 g/mol. The van der Waals surface area contributed by atoms with Crippen LogP contribution >= 0.6 is 0 Å². The van der Waals surface area contributed by atoms with Gasteiger partial charge in [0, 0.05) is 31.3 Å². The molecule has 1 atom stereocenters. The lowest BCUT2D eigenvalue weighted by Crippen LogP contribution is -2.56. The van der Waals surface area contributed by atoms with E-state index in [1.54, 1.807) is 7.11 Å². The van der Waals surface area contributed by atoms with Gasteiger partial charge >= 0.3 is 0 Å². The van der Waals surface area contributed by atoms with Crippen molar-refractivity contribution in [3.05, 3.63) is 29.8 Å². The maximum absolute atomic E-state index is 6.12. The first-order valence-corrected chi connectivity index (χ1v) is 7.73. The summed E-state index contributed by atoms with van der Waals surface area (Å²) in [6.45, 7) is 4.62. The van der Waals surface area contributed by atoms with Crippen molar-refractivity contribution in [3.63, 3.8) is 0 Å². The molecule has 118 valence electrons. The molecule has 1 aliphatic heterocycles. The quantitative estimate of drug-likeness (QED) is 0.872. The Hall–Kier alpha value is -1.10. The molecule has 1 aromatic rings. The Kier molecular flexibility index (Phi) is 5.62. The van der Waals surface area contributed by atoms with Crippen LogP contribution in [0.5, 0.6) is 5.75 Å². The van der Waals surface area contributed by atoms with Crippen LogP contribution in [0.15, 0.2) is 24.3 Å². The summed E-state index contributed by atoms with van der Waals surface area (Å²) in [7, 11) is 3.89. The normalized spacial score (nSPS) is 19.5. The highest BCUT2D eigenvalue weighted by Gasteiger charge is 2.33. The molecule has 0 aliphatic carbocycles. The van der Waals surface area contributed by atoms with E-state index in [0.29, 0.717) is 12.6 Å². The van der Waals surface area contributed by atoms with E-state index >= 15 is 0 Å². The van der Waals surface area contributed by atoms with Crippen molar-refractivity contribution in [1.82, 2.24) is 4.90 Å². The number of likely N-dealkylation sites (N-methyl/N-ethyl adjacent to an activating group) is 1. The summed E-state index contributed by atoms with van der Waals surface area (Å²) in [4.78, 5) is 2.46. The van der Waals surface area contributed by atoms with E-state index in [1.165, 1.54) is 5.56 Å². The van der Waals surface area contributed by atoms with Gasteiger partial charge in [-0.3, -0.25) is 4.90 Å². The molecule has 2 rings (SSSR count). The lowest BCUT2D eigenvalue weighted by Gasteiger charge is -2.44. The molecule has 0 aromatic heterocycles. The molecule has 1 saturated heterocycles. The number of methoxy groups -OCH3 is 1. The molecular formula is C17H28N2O2. The van der Waals surface area contributed by atoms with Crippen LogP contribution in [0.1, 0.15) is 25.3 Å². The number of rotatable bonds is 6. The molecule has 21 heavy (non-hydrogen) atoms. The second kappa shape index (κ2) is 7.25. The lowest BCUT2D eigenvalue weighted by molar-refractivity contribution is 0.00401. The van der Waals surface area contributed by atoms with Gasteiger partial charge < -0.3 is 15.2 Å². The average molecular weight is 292 g/mol. The molecule has 0 amide bonds. The number of benzene rings is 1. The van der Waals surface area contributed by atoms with Gasteiger partial charge in [-0.2, -0.15) is 0 Å². The summed E-state index contributed by atoms with van der Waals surface area (Å²) >= 11 is 0. The maximum atomic E-state index is 6.12. The average Bonchev–Trinajstić information content (AvgIpc) is 2.55. The van der Waals surface area contributed by atoms with Gasteiger partial charge in [0.15, 0.2) is 0 Å². The zero-order chi connectivity index (χ0) is 15.3. The number of nitrogens with two attached hydrogens (primary N) is 1. The van der Waals surface area contributed by atoms with Crippen LogP contribution in [-0.2, 0) is 11.2 Å². The van der Waals surface area contributed by atoms with Crippen LogP contribution in [0.3, 0.4) is 0 Å². The van der Waals surface area contributed by atoms with Crippen molar-refractivity contribution in [3.8, 4) is 5.75 Å². The zero-order valence-corrected chi connectivity index (χ0v) is 13.5. The van der Waals surface area contributed by atoms with Gasteiger partial charge in [0.05, 0.1) is 7.11 Å². The second-order valence-corrected chi connectivity index (χ2v) is 6.18. The molecule has 4 nitrogen and oxygen atoms in total. The number of nitrogens with zero attached hydrogens (tertiary/aromatic N) is 1. The van der Waals surface area contributed by atoms with Crippen LogP contribution in [0, 0.1) is 0 Å². The minimum atomic E-state index is -0.0312. The summed E-state index contributed by atoms with van der Waals surface area (Å²) in [6.07, 6.45) is 3.13. The standard InChI is InChI=1S/C17H28N2O2/c1-17(13-18,19(2)15-8-10-21-11-9-15)12-14-4-6-16(20-3)7-5-14/h4-7,15H,8-13,18H2,1-3H3. The Morgan fingerprint density at radius 3 is 2.43 bits per heavy atom. The van der Waals surface area contributed by atoms with Crippen LogP contribution in [0.25, 0.3) is 0 Å². The van der Waals surface area contributed by atoms with Crippen molar-refractivity contribution < 1.29 is 9.47 Å². The van der Waals surface area contributed by atoms with Crippen LogP contribution in [-0.4, -0.2) is 50.4 Å². The van der Waals surface area contributed by atoms with Crippen molar-refractivity contribution in [2.24, 2.45) is 5.73 Å². The molecule has 1 unspecified atom stereocenters. The number of hydrogen-bond donors (Lipinski definition) is 1. The molecule has 1 fully saturated rings. The Bertz CT molecular complexity index is 429. The predicted molar refractivity (Wildman–Crippen MR) is 85.8 cm³/mol. The number of ether oxygens (including phenoxy) is 2. The fourth-order valence-corrected chi connectivity index (χ4v) is 3.04. The van der Waals surface area contributed by atoms with Crippen molar-refractivity contribution in [1.29, 1.82) is 0 Å². The van der Waals surface area contributed by atoms with Crippen molar-refractivity contribution in [2.45, 2.75) is 37.8 Å². The predicted octanol–water partition coefficient (Wildman–Crippen LogP) is 2.07. The summed E-state index contributed by atoms with van der Waals surface area (Å²) in [5.74, 6) is 0.894. The third kappa shape index (κ3) is 3.96. The first-order valence-electron chi connectivity index (χ1n) is 7.73. The topological polar surface area (TPSA) is 47.7 Å². The van der Waals surface area contributed by atoms with Gasteiger partial charge in [0.2, 0.25) is 0 Å². The van der Waals surface area contributed by atoms with Crippen molar-refractivity contribution in [2.75, 3.05) is 33.9 Å². The van der Waals surface area contributed by atoms with E-state index in [4.69, 9.17) is 15.2 Å². The zero-order valence-electron chi connectivity index (χ0n) is 13.5. The minimum absolute atomic E-state index is 0.0312. The molecule has 0 bridgehead atoms. The van der Waals surface area contributed by atoms with E-state index in [1.807, 2.05) is 12.1 Å². The molecule has 0 radical (unpaired) electrons. The Morgan fingerprint density at radius 2 is 1.90 bits per heavy atom. The molecule has 1 aromatic carbocycles. The summed E-state index contributed by atoms with van der Waals surface area (Å²) in [5, 5.41) is 0. The Balaban J connectivity index is 2.07. The summed E-state index contributed by atoms with van der Waals surface area (Å²) in [5.41, 5.74) is 7.38. The summed E-state index contributed by atoms with van der Waals surface area (Å²) in [6, 6.07) is 8.85. The first-order chi connectivity index (χ1) is 10.1. The maximum Gasteiger partial charge on any atom is 0.118 e. The first kappa shape index (κ1) is 16.3. The summed E-state index contributed by atoms with van der Waals surface area (Å²) < 4.78 is 10.7. The third-order valence-electron chi connectivity index (χ3n) is 4.77.